The van der Waals surface area contributed by atoms with Gasteiger partial charge in [-0.05, 0) is 37.9 Å². The number of urea groups is 1. The number of rotatable bonds is 5. The highest BCUT2D eigenvalue weighted by molar-refractivity contribution is 5.92. The van der Waals surface area contributed by atoms with Crippen LogP contribution in [0.25, 0.3) is 0 Å². The smallest absolute Gasteiger partial charge is 0.322 e. The van der Waals surface area contributed by atoms with Gasteiger partial charge in [0.05, 0.1) is 5.69 Å². The minimum Gasteiger partial charge on any atom is -0.335 e. The van der Waals surface area contributed by atoms with E-state index in [1.165, 1.54) is 11.0 Å². The van der Waals surface area contributed by atoms with Crippen LogP contribution >= 0.6 is 0 Å². The van der Waals surface area contributed by atoms with Gasteiger partial charge >= 0.3 is 6.03 Å². The number of amides is 2. The molecular formula is C13H18FN3O. The summed E-state index contributed by atoms with van der Waals surface area (Å²) in [4.78, 5) is 13.5. The van der Waals surface area contributed by atoms with Crippen LogP contribution in [0.1, 0.15) is 19.3 Å². The second-order valence-electron chi connectivity index (χ2n) is 4.47. The molecule has 1 aromatic carbocycles. The maximum absolute atomic E-state index is 13.7. The molecule has 3 N–H and O–H groups in total. The minimum atomic E-state index is -0.388. The molecule has 0 unspecified atom stereocenters. The lowest BCUT2D eigenvalue weighted by Gasteiger charge is -2.23. The number of hydrogen-bond acceptors (Lipinski definition) is 2. The van der Waals surface area contributed by atoms with E-state index >= 15 is 0 Å². The van der Waals surface area contributed by atoms with Gasteiger partial charge < -0.3 is 11.1 Å². The van der Waals surface area contributed by atoms with E-state index in [0.29, 0.717) is 25.2 Å². The Morgan fingerprint density at radius 2 is 2.17 bits per heavy atom. The maximum Gasteiger partial charge on any atom is 0.322 e. The third-order valence-electron chi connectivity index (χ3n) is 2.88. The number of anilines is 1. The number of nitrogens with one attached hydrogen (secondary N) is 1. The number of carbonyl (C=O) groups excluding carboxylic acids is 1. The second-order valence-corrected chi connectivity index (χ2v) is 4.47. The van der Waals surface area contributed by atoms with Crippen LogP contribution in [0.4, 0.5) is 14.9 Å². The summed E-state index contributed by atoms with van der Waals surface area (Å²) in [6.07, 6.45) is 2.66. The number of benzene rings is 1. The molecule has 1 fully saturated rings. The molecule has 1 saturated carbocycles. The summed E-state index contributed by atoms with van der Waals surface area (Å²) in [5.41, 5.74) is 5.76. The van der Waals surface area contributed by atoms with Crippen LogP contribution in [0.2, 0.25) is 0 Å². The Hall–Kier alpha value is -1.62. The molecule has 1 aromatic rings. The van der Waals surface area contributed by atoms with Crippen LogP contribution in [0.15, 0.2) is 24.3 Å². The monoisotopic (exact) mass is 251 g/mol. The van der Waals surface area contributed by atoms with E-state index in [-0.39, 0.29) is 17.9 Å². The van der Waals surface area contributed by atoms with Gasteiger partial charge in [-0.3, -0.25) is 4.90 Å². The zero-order chi connectivity index (χ0) is 13.0. The van der Waals surface area contributed by atoms with E-state index in [4.69, 9.17) is 5.73 Å². The number of para-hydroxylation sites is 1. The molecule has 2 amide bonds. The molecule has 2 rings (SSSR count). The summed E-state index contributed by atoms with van der Waals surface area (Å²) in [5, 5.41) is 2.87. The van der Waals surface area contributed by atoms with Gasteiger partial charge in [0.1, 0.15) is 5.82 Å². The standard InChI is InChI=1S/C13H18FN3O/c14-11-4-1-2-5-12(11)17(9-3-8-15)13(18)16-10-6-7-10/h1-2,4-5,10H,3,6-9,15H2,(H,16,18). The van der Waals surface area contributed by atoms with Gasteiger partial charge in [-0.15, -0.1) is 0 Å². The highest BCUT2D eigenvalue weighted by Gasteiger charge is 2.27. The Morgan fingerprint density at radius 3 is 2.78 bits per heavy atom. The predicted molar refractivity (Wildman–Crippen MR) is 69.0 cm³/mol. The van der Waals surface area contributed by atoms with Crippen molar-refractivity contribution in [1.29, 1.82) is 0 Å². The highest BCUT2D eigenvalue weighted by atomic mass is 19.1. The molecule has 1 aliphatic rings. The first-order valence-electron chi connectivity index (χ1n) is 6.25. The molecule has 5 heteroatoms. The van der Waals surface area contributed by atoms with E-state index in [2.05, 4.69) is 5.32 Å². The average molecular weight is 251 g/mol. The first-order valence-corrected chi connectivity index (χ1v) is 6.25. The van der Waals surface area contributed by atoms with Crippen LogP contribution in [0.3, 0.4) is 0 Å². The minimum absolute atomic E-state index is 0.240. The maximum atomic E-state index is 13.7. The largest absolute Gasteiger partial charge is 0.335 e. The molecule has 0 saturated heterocycles. The second kappa shape index (κ2) is 5.82. The number of carbonyl (C=O) groups is 1. The summed E-state index contributed by atoms with van der Waals surface area (Å²) in [6, 6.07) is 6.31. The van der Waals surface area contributed by atoms with Gasteiger partial charge in [0.2, 0.25) is 0 Å². The van der Waals surface area contributed by atoms with Crippen molar-refractivity contribution in [2.75, 3.05) is 18.0 Å². The van der Waals surface area contributed by atoms with E-state index in [1.54, 1.807) is 18.2 Å². The van der Waals surface area contributed by atoms with E-state index in [9.17, 15) is 9.18 Å². The van der Waals surface area contributed by atoms with Crippen molar-refractivity contribution in [2.24, 2.45) is 5.73 Å². The van der Waals surface area contributed by atoms with Gasteiger partial charge in [-0.25, -0.2) is 9.18 Å². The third kappa shape index (κ3) is 3.20. The molecule has 4 nitrogen and oxygen atoms in total. The number of halogens is 1. The van der Waals surface area contributed by atoms with Crippen LogP contribution in [0.5, 0.6) is 0 Å². The fourth-order valence-electron chi connectivity index (χ4n) is 1.73. The lowest BCUT2D eigenvalue weighted by atomic mass is 10.2. The molecule has 1 aliphatic carbocycles. The molecule has 0 bridgehead atoms. The molecule has 0 aromatic heterocycles. The van der Waals surface area contributed by atoms with Gasteiger partial charge in [-0.1, -0.05) is 12.1 Å². The molecule has 0 spiro atoms. The Bertz CT molecular complexity index is 420. The highest BCUT2D eigenvalue weighted by Crippen LogP contribution is 2.22. The van der Waals surface area contributed by atoms with Crippen LogP contribution in [0, 0.1) is 5.82 Å². The quantitative estimate of drug-likeness (QED) is 0.839. The lowest BCUT2D eigenvalue weighted by molar-refractivity contribution is 0.245. The first-order chi connectivity index (χ1) is 8.72. The Balaban J connectivity index is 2.12. The molecule has 0 heterocycles. The first kappa shape index (κ1) is 12.8. The third-order valence-corrected chi connectivity index (χ3v) is 2.88. The van der Waals surface area contributed by atoms with Crippen LogP contribution < -0.4 is 16.0 Å². The van der Waals surface area contributed by atoms with E-state index in [0.717, 1.165) is 12.8 Å². The fraction of sp³-hybridized carbons (Fsp3) is 0.462. The van der Waals surface area contributed by atoms with Gasteiger partial charge in [0.15, 0.2) is 0 Å². The van der Waals surface area contributed by atoms with Crippen molar-refractivity contribution in [3.63, 3.8) is 0 Å². The molecule has 98 valence electrons. The Kier molecular flexibility index (Phi) is 4.15. The van der Waals surface area contributed by atoms with Crippen LogP contribution in [-0.4, -0.2) is 25.2 Å². The summed E-state index contributed by atoms with van der Waals surface area (Å²) in [7, 11) is 0. The molecular weight excluding hydrogens is 233 g/mol. The zero-order valence-corrected chi connectivity index (χ0v) is 10.2. The number of nitrogens with zero attached hydrogens (tertiary/aromatic N) is 1. The SMILES string of the molecule is NCCCN(C(=O)NC1CC1)c1ccccc1F. The van der Waals surface area contributed by atoms with Crippen LogP contribution in [-0.2, 0) is 0 Å². The average Bonchev–Trinajstić information content (AvgIpc) is 3.15. The lowest BCUT2D eigenvalue weighted by Crippen LogP contribution is -2.42. The molecule has 0 atom stereocenters. The fourth-order valence-corrected chi connectivity index (χ4v) is 1.73. The van der Waals surface area contributed by atoms with Crippen molar-refractivity contribution >= 4 is 11.7 Å². The van der Waals surface area contributed by atoms with Crippen molar-refractivity contribution in [3.05, 3.63) is 30.1 Å². The van der Waals surface area contributed by atoms with Crippen molar-refractivity contribution < 1.29 is 9.18 Å². The van der Waals surface area contributed by atoms with Gasteiger partial charge in [0.25, 0.3) is 0 Å². The summed E-state index contributed by atoms with van der Waals surface area (Å²) in [5.74, 6) is -0.388. The summed E-state index contributed by atoms with van der Waals surface area (Å²) >= 11 is 0. The topological polar surface area (TPSA) is 58.4 Å². The van der Waals surface area contributed by atoms with Crippen molar-refractivity contribution in [3.8, 4) is 0 Å². The Morgan fingerprint density at radius 1 is 1.44 bits per heavy atom. The van der Waals surface area contributed by atoms with E-state index < -0.39 is 0 Å². The van der Waals surface area contributed by atoms with Gasteiger partial charge in [0, 0.05) is 12.6 Å². The van der Waals surface area contributed by atoms with E-state index in [1.807, 2.05) is 0 Å². The van der Waals surface area contributed by atoms with Crippen molar-refractivity contribution in [1.82, 2.24) is 5.32 Å². The number of hydrogen-bond donors (Lipinski definition) is 2. The Labute approximate surface area is 106 Å². The number of nitrogens with two attached hydrogens (primary N) is 1. The molecule has 0 radical (unpaired) electrons. The summed E-state index contributed by atoms with van der Waals surface area (Å²) < 4.78 is 13.7. The van der Waals surface area contributed by atoms with Crippen molar-refractivity contribution in [2.45, 2.75) is 25.3 Å². The zero-order valence-electron chi connectivity index (χ0n) is 10.2. The predicted octanol–water partition coefficient (Wildman–Crippen LogP) is 1.85. The normalized spacial score (nSPS) is 14.3. The van der Waals surface area contributed by atoms with Gasteiger partial charge in [-0.2, -0.15) is 0 Å². The molecule has 18 heavy (non-hydrogen) atoms. The summed E-state index contributed by atoms with van der Waals surface area (Å²) in [6.45, 7) is 0.900. The molecule has 0 aliphatic heterocycles.